The SMILES string of the molecule is O=C(c1ccc2ccccc2c1O)N1CCN(c2cccc(Cl)c2)CC1. The molecule has 0 saturated carbocycles. The molecule has 1 heterocycles. The number of nitrogens with zero attached hydrogens (tertiary/aromatic N) is 2. The summed E-state index contributed by atoms with van der Waals surface area (Å²) in [6.45, 7) is 2.69. The monoisotopic (exact) mass is 366 g/mol. The van der Waals surface area contributed by atoms with Crippen LogP contribution in [0.4, 0.5) is 5.69 Å². The Labute approximate surface area is 157 Å². The third-order valence-electron chi connectivity index (χ3n) is 4.87. The fourth-order valence-electron chi connectivity index (χ4n) is 3.44. The number of piperazine rings is 1. The third kappa shape index (κ3) is 3.08. The fraction of sp³-hybridized carbons (Fsp3) is 0.190. The van der Waals surface area contributed by atoms with Crippen LogP contribution in [0.15, 0.2) is 60.7 Å². The number of phenols is 1. The maximum absolute atomic E-state index is 12.9. The van der Waals surface area contributed by atoms with Gasteiger partial charge in [0.1, 0.15) is 5.75 Å². The highest BCUT2D eigenvalue weighted by atomic mass is 35.5. The molecular weight excluding hydrogens is 348 g/mol. The van der Waals surface area contributed by atoms with Crippen LogP contribution in [0.1, 0.15) is 10.4 Å². The Balaban J connectivity index is 1.51. The molecule has 1 aliphatic rings. The van der Waals surface area contributed by atoms with Crippen molar-refractivity contribution in [1.29, 1.82) is 0 Å². The van der Waals surface area contributed by atoms with Gasteiger partial charge in [-0.1, -0.05) is 48.0 Å². The summed E-state index contributed by atoms with van der Waals surface area (Å²) in [7, 11) is 0. The molecule has 3 aromatic carbocycles. The summed E-state index contributed by atoms with van der Waals surface area (Å²) in [6.07, 6.45) is 0. The van der Waals surface area contributed by atoms with Crippen molar-refractivity contribution in [2.24, 2.45) is 0 Å². The van der Waals surface area contributed by atoms with Gasteiger partial charge in [0.05, 0.1) is 5.56 Å². The number of hydrogen-bond donors (Lipinski definition) is 1. The van der Waals surface area contributed by atoms with Gasteiger partial charge in [0.25, 0.3) is 5.91 Å². The molecule has 0 spiro atoms. The number of hydrogen-bond acceptors (Lipinski definition) is 3. The minimum atomic E-state index is -0.126. The predicted molar refractivity (Wildman–Crippen MR) is 105 cm³/mol. The first-order chi connectivity index (χ1) is 12.6. The lowest BCUT2D eigenvalue weighted by molar-refractivity contribution is 0.0744. The Morgan fingerprint density at radius 1 is 0.923 bits per heavy atom. The van der Waals surface area contributed by atoms with Gasteiger partial charge in [-0.05, 0) is 29.7 Å². The molecule has 4 nitrogen and oxygen atoms in total. The summed E-state index contributed by atoms with van der Waals surface area (Å²) in [4.78, 5) is 16.9. The van der Waals surface area contributed by atoms with E-state index in [1.54, 1.807) is 11.0 Å². The minimum Gasteiger partial charge on any atom is -0.506 e. The second kappa shape index (κ2) is 6.89. The number of carbonyl (C=O) groups excluding carboxylic acids is 1. The van der Waals surface area contributed by atoms with Crippen molar-refractivity contribution in [2.75, 3.05) is 31.1 Å². The quantitative estimate of drug-likeness (QED) is 0.740. The summed E-state index contributed by atoms with van der Waals surface area (Å²) < 4.78 is 0. The van der Waals surface area contributed by atoms with Gasteiger partial charge < -0.3 is 14.9 Å². The van der Waals surface area contributed by atoms with Crippen LogP contribution >= 0.6 is 11.6 Å². The van der Waals surface area contributed by atoms with E-state index in [9.17, 15) is 9.90 Å². The summed E-state index contributed by atoms with van der Waals surface area (Å²) in [6, 6.07) is 18.9. The number of rotatable bonds is 2. The number of halogens is 1. The van der Waals surface area contributed by atoms with E-state index in [0.717, 1.165) is 24.2 Å². The van der Waals surface area contributed by atoms with Crippen LogP contribution < -0.4 is 4.90 Å². The molecule has 26 heavy (non-hydrogen) atoms. The largest absolute Gasteiger partial charge is 0.506 e. The van der Waals surface area contributed by atoms with Gasteiger partial charge >= 0.3 is 0 Å². The molecule has 1 aliphatic heterocycles. The van der Waals surface area contributed by atoms with Crippen molar-refractivity contribution in [3.63, 3.8) is 0 Å². The van der Waals surface area contributed by atoms with Gasteiger partial charge in [0.2, 0.25) is 0 Å². The molecule has 0 bridgehead atoms. The Kier molecular flexibility index (Phi) is 4.43. The number of carbonyl (C=O) groups is 1. The van der Waals surface area contributed by atoms with Crippen molar-refractivity contribution in [1.82, 2.24) is 4.90 Å². The van der Waals surface area contributed by atoms with Gasteiger partial charge in [-0.15, -0.1) is 0 Å². The lowest BCUT2D eigenvalue weighted by Crippen LogP contribution is -2.48. The maximum atomic E-state index is 12.9. The molecule has 4 rings (SSSR count). The molecule has 0 atom stereocenters. The van der Waals surface area contributed by atoms with Gasteiger partial charge in [-0.25, -0.2) is 0 Å². The van der Waals surface area contributed by atoms with Gasteiger partial charge in [0, 0.05) is 42.3 Å². The Morgan fingerprint density at radius 2 is 1.69 bits per heavy atom. The zero-order chi connectivity index (χ0) is 18.1. The average molecular weight is 367 g/mol. The molecule has 1 amide bonds. The zero-order valence-electron chi connectivity index (χ0n) is 14.2. The van der Waals surface area contributed by atoms with Crippen LogP contribution in [0.3, 0.4) is 0 Å². The van der Waals surface area contributed by atoms with Crippen LogP contribution in [0.25, 0.3) is 10.8 Å². The van der Waals surface area contributed by atoms with Gasteiger partial charge in [-0.3, -0.25) is 4.79 Å². The number of fused-ring (bicyclic) bond motifs is 1. The number of phenolic OH excluding ortho intramolecular Hbond substituents is 1. The summed E-state index contributed by atoms with van der Waals surface area (Å²) in [5.41, 5.74) is 1.43. The molecule has 0 aliphatic carbocycles. The van der Waals surface area contributed by atoms with Crippen molar-refractivity contribution < 1.29 is 9.90 Å². The maximum Gasteiger partial charge on any atom is 0.257 e. The smallest absolute Gasteiger partial charge is 0.257 e. The average Bonchev–Trinajstić information content (AvgIpc) is 2.68. The molecule has 5 heteroatoms. The molecular formula is C21H19ClN2O2. The Hall–Kier alpha value is -2.72. The van der Waals surface area contributed by atoms with E-state index < -0.39 is 0 Å². The van der Waals surface area contributed by atoms with Gasteiger partial charge in [-0.2, -0.15) is 0 Å². The summed E-state index contributed by atoms with van der Waals surface area (Å²) in [5, 5.41) is 12.9. The molecule has 0 radical (unpaired) electrons. The number of amides is 1. The standard InChI is InChI=1S/C21H19ClN2O2/c22-16-5-3-6-17(14-16)23-10-12-24(13-11-23)21(26)19-9-8-15-4-1-2-7-18(15)20(19)25/h1-9,14,25H,10-13H2. The van der Waals surface area contributed by atoms with Crippen LogP contribution in [-0.4, -0.2) is 42.1 Å². The van der Waals surface area contributed by atoms with Crippen molar-refractivity contribution in [2.45, 2.75) is 0 Å². The summed E-state index contributed by atoms with van der Waals surface area (Å²) >= 11 is 6.07. The lowest BCUT2D eigenvalue weighted by atomic mass is 10.0. The highest BCUT2D eigenvalue weighted by Gasteiger charge is 2.24. The topological polar surface area (TPSA) is 43.8 Å². The number of benzene rings is 3. The molecule has 0 unspecified atom stereocenters. The number of anilines is 1. The molecule has 3 aromatic rings. The van der Waals surface area contributed by atoms with Crippen molar-refractivity contribution in [3.8, 4) is 5.75 Å². The second-order valence-electron chi connectivity index (χ2n) is 6.44. The van der Waals surface area contributed by atoms with Crippen LogP contribution in [-0.2, 0) is 0 Å². The van der Waals surface area contributed by atoms with E-state index >= 15 is 0 Å². The van der Waals surface area contributed by atoms with E-state index in [-0.39, 0.29) is 11.7 Å². The van der Waals surface area contributed by atoms with Gasteiger partial charge in [0.15, 0.2) is 0 Å². The first-order valence-corrected chi connectivity index (χ1v) is 9.02. The van der Waals surface area contributed by atoms with Crippen LogP contribution in [0.2, 0.25) is 5.02 Å². The molecule has 1 saturated heterocycles. The molecule has 1 N–H and O–H groups in total. The van der Waals surface area contributed by atoms with E-state index in [2.05, 4.69) is 4.90 Å². The minimum absolute atomic E-state index is 0.0605. The second-order valence-corrected chi connectivity index (χ2v) is 6.88. The normalized spacial score (nSPS) is 14.7. The van der Waals surface area contributed by atoms with Crippen LogP contribution in [0.5, 0.6) is 5.75 Å². The third-order valence-corrected chi connectivity index (χ3v) is 5.11. The van der Waals surface area contributed by atoms with Crippen molar-refractivity contribution in [3.05, 3.63) is 71.2 Å². The highest BCUT2D eigenvalue weighted by Crippen LogP contribution is 2.30. The summed E-state index contributed by atoms with van der Waals surface area (Å²) in [5.74, 6) is -0.0654. The fourth-order valence-corrected chi connectivity index (χ4v) is 3.62. The van der Waals surface area contributed by atoms with E-state index in [0.29, 0.717) is 29.1 Å². The van der Waals surface area contributed by atoms with E-state index in [1.165, 1.54) is 0 Å². The predicted octanol–water partition coefficient (Wildman–Crippen LogP) is 4.16. The Bertz CT molecular complexity index is 965. The molecule has 1 fully saturated rings. The van der Waals surface area contributed by atoms with Crippen molar-refractivity contribution >= 4 is 34.0 Å². The Morgan fingerprint density at radius 3 is 2.46 bits per heavy atom. The molecule has 132 valence electrons. The van der Waals surface area contributed by atoms with Crippen LogP contribution in [0, 0.1) is 0 Å². The first kappa shape index (κ1) is 16.7. The number of aromatic hydroxyl groups is 1. The first-order valence-electron chi connectivity index (χ1n) is 8.64. The zero-order valence-corrected chi connectivity index (χ0v) is 15.0. The van der Waals surface area contributed by atoms with E-state index in [1.807, 2.05) is 54.6 Å². The van der Waals surface area contributed by atoms with E-state index in [4.69, 9.17) is 11.6 Å². The molecule has 0 aromatic heterocycles. The highest BCUT2D eigenvalue weighted by molar-refractivity contribution is 6.30. The lowest BCUT2D eigenvalue weighted by Gasteiger charge is -2.36.